The van der Waals surface area contributed by atoms with E-state index in [1.165, 1.54) is 19.3 Å². The Labute approximate surface area is 58.0 Å². The topological polar surface area (TPSA) is 3.24 Å². The zero-order chi connectivity index (χ0) is 6.85. The molecular weight excluding hydrogens is 110 g/mol. The first-order valence-electron chi connectivity index (χ1n) is 3.92. The quantitative estimate of drug-likeness (QED) is 0.558. The standard InChI is InChI=1S/C8H17N/c1-4-5-7-6-8(7)9(2)3/h7-8H,4-6H2,1-3H3. The van der Waals surface area contributed by atoms with Crippen LogP contribution in [0.5, 0.6) is 0 Å². The largest absolute Gasteiger partial charge is 0.306 e. The summed E-state index contributed by atoms with van der Waals surface area (Å²) in [5, 5.41) is 0. The van der Waals surface area contributed by atoms with E-state index in [9.17, 15) is 0 Å². The Morgan fingerprint density at radius 1 is 1.44 bits per heavy atom. The first-order valence-corrected chi connectivity index (χ1v) is 3.92. The fourth-order valence-corrected chi connectivity index (χ4v) is 1.55. The molecule has 1 fully saturated rings. The van der Waals surface area contributed by atoms with Crippen LogP contribution in [0, 0.1) is 5.92 Å². The number of hydrogen-bond donors (Lipinski definition) is 0. The summed E-state index contributed by atoms with van der Waals surface area (Å²) in [5.74, 6) is 1.03. The number of hydrogen-bond acceptors (Lipinski definition) is 1. The van der Waals surface area contributed by atoms with Crippen molar-refractivity contribution in [2.75, 3.05) is 14.1 Å². The van der Waals surface area contributed by atoms with Crippen molar-refractivity contribution in [3.8, 4) is 0 Å². The fourth-order valence-electron chi connectivity index (χ4n) is 1.55. The van der Waals surface area contributed by atoms with Crippen molar-refractivity contribution in [2.45, 2.75) is 32.2 Å². The normalized spacial score (nSPS) is 33.3. The summed E-state index contributed by atoms with van der Waals surface area (Å²) in [5.41, 5.74) is 0. The average Bonchev–Trinajstić information content (AvgIpc) is 2.47. The maximum atomic E-state index is 2.35. The van der Waals surface area contributed by atoms with Crippen LogP contribution in [0.15, 0.2) is 0 Å². The molecule has 0 bridgehead atoms. The zero-order valence-electron chi connectivity index (χ0n) is 6.72. The summed E-state index contributed by atoms with van der Waals surface area (Å²) < 4.78 is 0. The average molecular weight is 127 g/mol. The number of rotatable bonds is 3. The van der Waals surface area contributed by atoms with Crippen molar-refractivity contribution < 1.29 is 0 Å². The van der Waals surface area contributed by atoms with Gasteiger partial charge in [-0.15, -0.1) is 0 Å². The van der Waals surface area contributed by atoms with Crippen LogP contribution in [0.1, 0.15) is 26.2 Å². The Kier molecular flexibility index (Phi) is 2.12. The smallest absolute Gasteiger partial charge is 0.0121 e. The van der Waals surface area contributed by atoms with Crippen LogP contribution < -0.4 is 0 Å². The SMILES string of the molecule is CCCC1CC1N(C)C. The fraction of sp³-hybridized carbons (Fsp3) is 1.00. The summed E-state index contributed by atoms with van der Waals surface area (Å²) in [4.78, 5) is 2.35. The predicted octanol–water partition coefficient (Wildman–Crippen LogP) is 1.74. The summed E-state index contributed by atoms with van der Waals surface area (Å²) in [6.45, 7) is 2.27. The van der Waals surface area contributed by atoms with Crippen molar-refractivity contribution in [2.24, 2.45) is 5.92 Å². The van der Waals surface area contributed by atoms with Gasteiger partial charge in [-0.05, 0) is 32.9 Å². The highest BCUT2D eigenvalue weighted by molar-refractivity contribution is 4.92. The second-order valence-electron chi connectivity index (χ2n) is 3.32. The van der Waals surface area contributed by atoms with E-state index < -0.39 is 0 Å². The molecule has 1 nitrogen and oxygen atoms in total. The molecule has 1 saturated carbocycles. The van der Waals surface area contributed by atoms with Gasteiger partial charge in [-0.3, -0.25) is 0 Å². The maximum Gasteiger partial charge on any atom is 0.0121 e. The molecule has 1 aliphatic carbocycles. The molecular formula is C8H17N. The van der Waals surface area contributed by atoms with Gasteiger partial charge in [0.15, 0.2) is 0 Å². The van der Waals surface area contributed by atoms with E-state index in [1.54, 1.807) is 0 Å². The zero-order valence-corrected chi connectivity index (χ0v) is 6.72. The van der Waals surface area contributed by atoms with Crippen molar-refractivity contribution >= 4 is 0 Å². The van der Waals surface area contributed by atoms with E-state index in [-0.39, 0.29) is 0 Å². The lowest BCUT2D eigenvalue weighted by molar-refractivity contribution is 0.372. The minimum Gasteiger partial charge on any atom is -0.306 e. The van der Waals surface area contributed by atoms with Crippen LogP contribution in [0.25, 0.3) is 0 Å². The van der Waals surface area contributed by atoms with Gasteiger partial charge in [-0.1, -0.05) is 13.3 Å². The van der Waals surface area contributed by atoms with Crippen molar-refractivity contribution in [1.82, 2.24) is 4.90 Å². The lowest BCUT2D eigenvalue weighted by Gasteiger charge is -2.07. The van der Waals surface area contributed by atoms with E-state index in [4.69, 9.17) is 0 Å². The highest BCUT2D eigenvalue weighted by Crippen LogP contribution is 2.37. The van der Waals surface area contributed by atoms with Gasteiger partial charge in [0.1, 0.15) is 0 Å². The van der Waals surface area contributed by atoms with E-state index in [1.807, 2.05) is 0 Å². The molecule has 0 aromatic carbocycles. The third-order valence-electron chi connectivity index (χ3n) is 2.21. The lowest BCUT2D eigenvalue weighted by atomic mass is 10.2. The van der Waals surface area contributed by atoms with Gasteiger partial charge in [0.25, 0.3) is 0 Å². The molecule has 1 heteroatoms. The molecule has 0 aromatic rings. The minimum absolute atomic E-state index is 0.921. The summed E-state index contributed by atoms with van der Waals surface area (Å²) >= 11 is 0. The Hall–Kier alpha value is -0.0400. The van der Waals surface area contributed by atoms with E-state index in [0.29, 0.717) is 0 Å². The molecule has 0 saturated heterocycles. The third-order valence-corrected chi connectivity index (χ3v) is 2.21. The molecule has 9 heavy (non-hydrogen) atoms. The molecule has 54 valence electrons. The second-order valence-corrected chi connectivity index (χ2v) is 3.32. The maximum absolute atomic E-state index is 2.35. The van der Waals surface area contributed by atoms with Gasteiger partial charge >= 0.3 is 0 Å². The molecule has 0 spiro atoms. The molecule has 0 N–H and O–H groups in total. The summed E-state index contributed by atoms with van der Waals surface area (Å²) in [7, 11) is 4.36. The molecule has 0 heterocycles. The van der Waals surface area contributed by atoms with Crippen LogP contribution in [-0.4, -0.2) is 25.0 Å². The van der Waals surface area contributed by atoms with Gasteiger partial charge in [-0.25, -0.2) is 0 Å². The first kappa shape index (κ1) is 7.07. The van der Waals surface area contributed by atoms with E-state index in [0.717, 1.165) is 12.0 Å². The molecule has 2 unspecified atom stereocenters. The molecule has 0 amide bonds. The van der Waals surface area contributed by atoms with Gasteiger partial charge < -0.3 is 4.90 Å². The van der Waals surface area contributed by atoms with Gasteiger partial charge in [0.05, 0.1) is 0 Å². The first-order chi connectivity index (χ1) is 4.25. The molecule has 0 aromatic heterocycles. The summed E-state index contributed by atoms with van der Waals surface area (Å²) in [6, 6.07) is 0.921. The predicted molar refractivity (Wildman–Crippen MR) is 40.5 cm³/mol. The molecule has 2 atom stereocenters. The molecule has 1 rings (SSSR count). The Bertz CT molecular complexity index is 88.6. The van der Waals surface area contributed by atoms with Crippen molar-refractivity contribution in [3.05, 3.63) is 0 Å². The van der Waals surface area contributed by atoms with Crippen LogP contribution >= 0.6 is 0 Å². The van der Waals surface area contributed by atoms with Crippen LogP contribution in [0.4, 0.5) is 0 Å². The highest BCUT2D eigenvalue weighted by atomic mass is 15.1. The van der Waals surface area contributed by atoms with Crippen molar-refractivity contribution in [3.63, 3.8) is 0 Å². The van der Waals surface area contributed by atoms with Crippen molar-refractivity contribution in [1.29, 1.82) is 0 Å². The van der Waals surface area contributed by atoms with Crippen LogP contribution in [0.3, 0.4) is 0 Å². The van der Waals surface area contributed by atoms with Gasteiger partial charge in [0, 0.05) is 6.04 Å². The third kappa shape index (κ3) is 1.68. The number of nitrogens with zero attached hydrogens (tertiary/aromatic N) is 1. The molecule has 1 aliphatic rings. The Balaban J connectivity index is 2.09. The summed E-state index contributed by atoms with van der Waals surface area (Å²) in [6.07, 6.45) is 4.23. The Morgan fingerprint density at radius 3 is 2.44 bits per heavy atom. The second kappa shape index (κ2) is 2.70. The van der Waals surface area contributed by atoms with Crippen LogP contribution in [-0.2, 0) is 0 Å². The van der Waals surface area contributed by atoms with E-state index in [2.05, 4.69) is 25.9 Å². The van der Waals surface area contributed by atoms with Crippen LogP contribution in [0.2, 0.25) is 0 Å². The molecule has 0 radical (unpaired) electrons. The monoisotopic (exact) mass is 127 g/mol. The lowest BCUT2D eigenvalue weighted by Crippen LogP contribution is -2.15. The van der Waals surface area contributed by atoms with Gasteiger partial charge in [0.2, 0.25) is 0 Å². The van der Waals surface area contributed by atoms with E-state index >= 15 is 0 Å². The minimum atomic E-state index is 0.921. The van der Waals surface area contributed by atoms with Gasteiger partial charge in [-0.2, -0.15) is 0 Å². The Morgan fingerprint density at radius 2 is 2.11 bits per heavy atom. The highest BCUT2D eigenvalue weighted by Gasteiger charge is 2.37. The molecule has 0 aliphatic heterocycles.